The molecule has 2 N–H and O–H groups in total. The highest BCUT2D eigenvalue weighted by Gasteiger charge is 2.42. The van der Waals surface area contributed by atoms with Crippen LogP contribution in [-0.4, -0.2) is 48.4 Å². The van der Waals surface area contributed by atoms with Crippen LogP contribution in [0.1, 0.15) is 19.8 Å². The second-order valence-electron chi connectivity index (χ2n) is 4.75. The van der Waals surface area contributed by atoms with Crippen molar-refractivity contribution in [2.24, 2.45) is 5.92 Å². The van der Waals surface area contributed by atoms with E-state index in [4.69, 9.17) is 14.6 Å². The Balaban J connectivity index is 1.96. The lowest BCUT2D eigenvalue weighted by atomic mass is 9.99. The molecule has 0 bridgehead atoms. The molecule has 6 heteroatoms. The fraction of sp³-hybridized carbons (Fsp3) is 0.818. The number of carbonyl (C=O) groups excluding carboxylic acids is 1. The van der Waals surface area contributed by atoms with Crippen LogP contribution >= 0.6 is 0 Å². The van der Waals surface area contributed by atoms with Crippen LogP contribution < -0.4 is 5.32 Å². The molecule has 0 aromatic heterocycles. The minimum absolute atomic E-state index is 0.151. The number of nitrogens with one attached hydrogen (secondary N) is 1. The summed E-state index contributed by atoms with van der Waals surface area (Å²) in [6.07, 6.45) is 1.53. The van der Waals surface area contributed by atoms with E-state index < -0.39 is 23.5 Å². The Hall–Kier alpha value is -1.14. The number of carboxylic acids is 1. The van der Waals surface area contributed by atoms with Crippen molar-refractivity contribution in [1.82, 2.24) is 5.32 Å². The molecule has 17 heavy (non-hydrogen) atoms. The minimum Gasteiger partial charge on any atom is -0.481 e. The molecule has 0 aliphatic carbocycles. The van der Waals surface area contributed by atoms with Gasteiger partial charge in [-0.1, -0.05) is 0 Å². The predicted octanol–water partition coefficient (Wildman–Crippen LogP) is -0.229. The Morgan fingerprint density at radius 1 is 1.41 bits per heavy atom. The van der Waals surface area contributed by atoms with E-state index in [-0.39, 0.29) is 19.1 Å². The maximum atomic E-state index is 12.0. The minimum atomic E-state index is -0.940. The largest absolute Gasteiger partial charge is 0.481 e. The molecule has 3 atom stereocenters. The molecule has 0 aromatic rings. The van der Waals surface area contributed by atoms with E-state index in [0.717, 1.165) is 6.42 Å². The first-order valence-electron chi connectivity index (χ1n) is 5.78. The van der Waals surface area contributed by atoms with Gasteiger partial charge in [0.2, 0.25) is 0 Å². The highest BCUT2D eigenvalue weighted by atomic mass is 16.5. The molecule has 3 unspecified atom stereocenters. The van der Waals surface area contributed by atoms with Crippen LogP contribution in [0.5, 0.6) is 0 Å². The molecule has 2 aliphatic rings. The fourth-order valence-electron chi connectivity index (χ4n) is 2.22. The van der Waals surface area contributed by atoms with Crippen molar-refractivity contribution >= 4 is 11.9 Å². The van der Waals surface area contributed by atoms with Crippen LogP contribution in [0.3, 0.4) is 0 Å². The molecule has 0 spiro atoms. The summed E-state index contributed by atoms with van der Waals surface area (Å²) < 4.78 is 10.5. The number of rotatable bonds is 3. The summed E-state index contributed by atoms with van der Waals surface area (Å²) in [4.78, 5) is 22.9. The zero-order valence-corrected chi connectivity index (χ0v) is 9.77. The molecule has 2 aliphatic heterocycles. The van der Waals surface area contributed by atoms with Crippen LogP contribution in [0.15, 0.2) is 0 Å². The number of hydrogen-bond donors (Lipinski definition) is 2. The average molecular weight is 243 g/mol. The van der Waals surface area contributed by atoms with E-state index in [0.29, 0.717) is 13.0 Å². The van der Waals surface area contributed by atoms with Gasteiger partial charge in [0, 0.05) is 6.61 Å². The molecule has 2 fully saturated rings. The number of ether oxygens (including phenoxy) is 2. The number of carbonyl (C=O) groups is 2. The number of amides is 1. The Morgan fingerprint density at radius 3 is 2.76 bits per heavy atom. The fourth-order valence-corrected chi connectivity index (χ4v) is 2.22. The van der Waals surface area contributed by atoms with Gasteiger partial charge >= 0.3 is 5.97 Å². The molecule has 0 radical (unpaired) electrons. The molecular formula is C11H17NO5. The summed E-state index contributed by atoms with van der Waals surface area (Å²) in [6, 6.07) is -0.457. The van der Waals surface area contributed by atoms with E-state index in [1.807, 2.05) is 0 Å². The van der Waals surface area contributed by atoms with Gasteiger partial charge in [-0.3, -0.25) is 9.59 Å². The number of hydrogen-bond acceptors (Lipinski definition) is 4. The van der Waals surface area contributed by atoms with E-state index in [9.17, 15) is 9.59 Å². The maximum absolute atomic E-state index is 12.0. The van der Waals surface area contributed by atoms with Gasteiger partial charge in [0.15, 0.2) is 0 Å². The van der Waals surface area contributed by atoms with E-state index in [1.165, 1.54) is 0 Å². The van der Waals surface area contributed by atoms with Gasteiger partial charge in [0.05, 0.1) is 19.3 Å². The van der Waals surface area contributed by atoms with Crippen LogP contribution in [-0.2, 0) is 19.1 Å². The van der Waals surface area contributed by atoms with E-state index in [2.05, 4.69) is 5.32 Å². The van der Waals surface area contributed by atoms with E-state index in [1.54, 1.807) is 6.92 Å². The van der Waals surface area contributed by atoms with Crippen LogP contribution in [0.25, 0.3) is 0 Å². The second kappa shape index (κ2) is 4.62. The van der Waals surface area contributed by atoms with Crippen molar-refractivity contribution in [3.8, 4) is 0 Å². The predicted molar refractivity (Wildman–Crippen MR) is 57.5 cm³/mol. The Bertz CT molecular complexity index is 324. The van der Waals surface area contributed by atoms with Crippen LogP contribution in [0.4, 0.5) is 0 Å². The summed E-state index contributed by atoms with van der Waals surface area (Å²) in [5.41, 5.74) is -0.814. The van der Waals surface area contributed by atoms with Gasteiger partial charge in [-0.05, 0) is 19.8 Å². The molecule has 2 rings (SSSR count). The van der Waals surface area contributed by atoms with Gasteiger partial charge in [0.25, 0.3) is 5.91 Å². The molecule has 96 valence electrons. The van der Waals surface area contributed by atoms with Crippen LogP contribution in [0, 0.1) is 5.92 Å². The molecule has 2 heterocycles. The summed E-state index contributed by atoms with van der Waals surface area (Å²) in [7, 11) is 0. The Morgan fingerprint density at radius 2 is 2.18 bits per heavy atom. The molecule has 0 aromatic carbocycles. The zero-order valence-electron chi connectivity index (χ0n) is 9.77. The SMILES string of the molecule is CC1(C(=O)NC2COCC2C(=O)O)CCCO1. The smallest absolute Gasteiger partial charge is 0.311 e. The van der Waals surface area contributed by atoms with Gasteiger partial charge in [0.1, 0.15) is 11.5 Å². The third-order valence-electron chi connectivity index (χ3n) is 3.41. The third kappa shape index (κ3) is 2.42. The van der Waals surface area contributed by atoms with Crippen LogP contribution in [0.2, 0.25) is 0 Å². The first kappa shape index (κ1) is 12.3. The maximum Gasteiger partial charge on any atom is 0.311 e. The Kier molecular flexibility index (Phi) is 3.35. The zero-order chi connectivity index (χ0) is 12.5. The highest BCUT2D eigenvalue weighted by molar-refractivity contribution is 5.86. The summed E-state index contributed by atoms with van der Waals surface area (Å²) in [5.74, 6) is -1.84. The summed E-state index contributed by atoms with van der Waals surface area (Å²) in [6.45, 7) is 2.71. The van der Waals surface area contributed by atoms with Crippen molar-refractivity contribution in [2.45, 2.75) is 31.4 Å². The number of carboxylic acid groups (broad SMARTS) is 1. The Labute approximate surface area is 99.3 Å². The van der Waals surface area contributed by atoms with Crippen molar-refractivity contribution in [1.29, 1.82) is 0 Å². The van der Waals surface area contributed by atoms with Gasteiger partial charge < -0.3 is 19.9 Å². The molecule has 2 saturated heterocycles. The summed E-state index contributed by atoms with van der Waals surface area (Å²) in [5, 5.41) is 11.7. The van der Waals surface area contributed by atoms with Gasteiger partial charge in [-0.15, -0.1) is 0 Å². The van der Waals surface area contributed by atoms with Gasteiger partial charge in [-0.25, -0.2) is 0 Å². The molecule has 1 amide bonds. The lowest BCUT2D eigenvalue weighted by Crippen LogP contribution is -2.51. The standard InChI is InChI=1S/C11H17NO5/c1-11(3-2-4-17-11)10(15)12-8-6-16-5-7(8)9(13)14/h7-8H,2-6H2,1H3,(H,12,15)(H,13,14). The third-order valence-corrected chi connectivity index (χ3v) is 3.41. The lowest BCUT2D eigenvalue weighted by Gasteiger charge is -2.25. The lowest BCUT2D eigenvalue weighted by molar-refractivity contribution is -0.144. The quantitative estimate of drug-likeness (QED) is 0.715. The first-order valence-corrected chi connectivity index (χ1v) is 5.78. The number of aliphatic carboxylic acids is 1. The summed E-state index contributed by atoms with van der Waals surface area (Å²) >= 11 is 0. The van der Waals surface area contributed by atoms with Crippen molar-refractivity contribution in [3.63, 3.8) is 0 Å². The highest BCUT2D eigenvalue weighted by Crippen LogP contribution is 2.26. The molecule has 6 nitrogen and oxygen atoms in total. The monoisotopic (exact) mass is 243 g/mol. The average Bonchev–Trinajstić information content (AvgIpc) is 2.87. The van der Waals surface area contributed by atoms with Crippen molar-refractivity contribution < 1.29 is 24.2 Å². The van der Waals surface area contributed by atoms with E-state index >= 15 is 0 Å². The van der Waals surface area contributed by atoms with Gasteiger partial charge in [-0.2, -0.15) is 0 Å². The normalized spacial score (nSPS) is 37.0. The molecule has 0 saturated carbocycles. The topological polar surface area (TPSA) is 84.9 Å². The second-order valence-corrected chi connectivity index (χ2v) is 4.75. The first-order chi connectivity index (χ1) is 8.03. The molecular weight excluding hydrogens is 226 g/mol. The van der Waals surface area contributed by atoms with Crippen molar-refractivity contribution in [2.75, 3.05) is 19.8 Å². The van der Waals surface area contributed by atoms with Crippen molar-refractivity contribution in [3.05, 3.63) is 0 Å².